The molecule has 0 bridgehead atoms. The van der Waals surface area contributed by atoms with Gasteiger partial charge in [0.05, 0.1) is 5.75 Å². The molecule has 2 aromatic rings. The second-order valence-electron chi connectivity index (χ2n) is 5.60. The molecule has 1 aromatic heterocycles. The molecule has 0 radical (unpaired) electrons. The normalized spacial score (nSPS) is 18.6. The Morgan fingerprint density at radius 3 is 2.79 bits per heavy atom. The Kier molecular flexibility index (Phi) is 4.75. The molecule has 1 atom stereocenters. The van der Waals surface area contributed by atoms with Crippen molar-refractivity contribution in [1.29, 1.82) is 0 Å². The highest BCUT2D eigenvalue weighted by atomic mass is 32.2. The van der Waals surface area contributed by atoms with Crippen LogP contribution in [0.5, 0.6) is 0 Å². The van der Waals surface area contributed by atoms with Gasteiger partial charge in [-0.15, -0.1) is 0 Å². The number of amides is 1. The molecule has 0 fully saturated rings. The number of sulfone groups is 1. The second kappa shape index (κ2) is 6.96. The summed E-state index contributed by atoms with van der Waals surface area (Å²) >= 11 is 0. The van der Waals surface area contributed by atoms with E-state index in [0.717, 1.165) is 5.56 Å². The predicted molar refractivity (Wildman–Crippen MR) is 87.5 cm³/mol. The molecule has 0 unspecified atom stereocenters. The molecule has 1 aromatic carbocycles. The summed E-state index contributed by atoms with van der Waals surface area (Å²) in [7, 11) is -3.12. The van der Waals surface area contributed by atoms with Gasteiger partial charge in [-0.25, -0.2) is 8.42 Å². The molecule has 1 amide bonds. The van der Waals surface area contributed by atoms with Crippen LogP contribution in [0.15, 0.2) is 46.3 Å². The Labute approximate surface area is 139 Å². The number of aromatic nitrogens is 2. The Balaban J connectivity index is 1.44. The number of hydrogen-bond acceptors (Lipinski definition) is 6. The highest BCUT2D eigenvalue weighted by molar-refractivity contribution is 7.94. The van der Waals surface area contributed by atoms with Gasteiger partial charge in [0.15, 0.2) is 15.7 Å². The molecule has 3 rings (SSSR count). The molecule has 7 nitrogen and oxygen atoms in total. The summed E-state index contributed by atoms with van der Waals surface area (Å²) in [6.07, 6.45) is 2.18. The molecule has 24 heavy (non-hydrogen) atoms. The van der Waals surface area contributed by atoms with E-state index in [1.807, 2.05) is 30.3 Å². The fourth-order valence-electron chi connectivity index (χ4n) is 2.44. The van der Waals surface area contributed by atoms with Crippen molar-refractivity contribution in [2.24, 2.45) is 5.92 Å². The number of allylic oxidation sites excluding steroid dienone is 1. The molecular weight excluding hydrogens is 330 g/mol. The minimum atomic E-state index is -3.12. The first-order valence-electron chi connectivity index (χ1n) is 7.57. The lowest BCUT2D eigenvalue weighted by atomic mass is 10.1. The first kappa shape index (κ1) is 16.4. The Bertz CT molecular complexity index is 843. The van der Waals surface area contributed by atoms with E-state index in [1.165, 1.54) is 5.41 Å². The van der Waals surface area contributed by atoms with Crippen LogP contribution in [-0.4, -0.2) is 36.8 Å². The van der Waals surface area contributed by atoms with E-state index < -0.39 is 9.84 Å². The van der Waals surface area contributed by atoms with Gasteiger partial charge in [0.2, 0.25) is 5.91 Å². The molecule has 126 valence electrons. The van der Waals surface area contributed by atoms with Crippen LogP contribution < -0.4 is 5.32 Å². The predicted octanol–water partition coefficient (Wildman–Crippen LogP) is 1.34. The van der Waals surface area contributed by atoms with Crippen molar-refractivity contribution in [1.82, 2.24) is 15.5 Å². The highest BCUT2D eigenvalue weighted by Gasteiger charge is 2.23. The summed E-state index contributed by atoms with van der Waals surface area (Å²) in [6.45, 7) is 0.371. The van der Waals surface area contributed by atoms with E-state index in [1.54, 1.807) is 6.08 Å². The summed E-state index contributed by atoms with van der Waals surface area (Å²) in [6, 6.07) is 9.43. The third kappa shape index (κ3) is 4.29. The van der Waals surface area contributed by atoms with Crippen molar-refractivity contribution in [2.45, 2.75) is 12.8 Å². The molecule has 0 saturated heterocycles. The van der Waals surface area contributed by atoms with Crippen LogP contribution in [-0.2, 0) is 21.1 Å². The molecule has 1 aliphatic rings. The van der Waals surface area contributed by atoms with Crippen LogP contribution in [0.2, 0.25) is 0 Å². The van der Waals surface area contributed by atoms with E-state index in [9.17, 15) is 13.2 Å². The van der Waals surface area contributed by atoms with Gasteiger partial charge in [0, 0.05) is 36.3 Å². The fraction of sp³-hybridized carbons (Fsp3) is 0.312. The zero-order valence-electron chi connectivity index (χ0n) is 12.9. The van der Waals surface area contributed by atoms with Gasteiger partial charge >= 0.3 is 0 Å². The van der Waals surface area contributed by atoms with E-state index in [0.29, 0.717) is 24.7 Å². The summed E-state index contributed by atoms with van der Waals surface area (Å²) in [5, 5.41) is 7.80. The first-order valence-corrected chi connectivity index (χ1v) is 9.29. The van der Waals surface area contributed by atoms with Gasteiger partial charge in [0.25, 0.3) is 5.89 Å². The number of carbonyl (C=O) groups excluding carboxylic acids is 1. The maximum atomic E-state index is 11.8. The molecular formula is C16H17N3O4S. The zero-order chi connectivity index (χ0) is 17.0. The summed E-state index contributed by atoms with van der Waals surface area (Å²) in [5.74, 6) is 0.528. The number of nitrogens with one attached hydrogen (secondary N) is 1. The van der Waals surface area contributed by atoms with Gasteiger partial charge in [0.1, 0.15) is 0 Å². The smallest absolute Gasteiger partial charge is 0.257 e. The van der Waals surface area contributed by atoms with Crippen LogP contribution in [0.3, 0.4) is 0 Å². The van der Waals surface area contributed by atoms with Crippen LogP contribution >= 0.6 is 0 Å². The van der Waals surface area contributed by atoms with Crippen molar-refractivity contribution >= 4 is 15.7 Å². The lowest BCUT2D eigenvalue weighted by Crippen LogP contribution is -2.28. The van der Waals surface area contributed by atoms with E-state index >= 15 is 0 Å². The molecule has 1 aliphatic heterocycles. The number of benzene rings is 1. The zero-order valence-corrected chi connectivity index (χ0v) is 13.7. The minimum absolute atomic E-state index is 0.00565. The van der Waals surface area contributed by atoms with Gasteiger partial charge in [-0.05, 0) is 12.1 Å². The average Bonchev–Trinajstić information content (AvgIpc) is 3.15. The van der Waals surface area contributed by atoms with Crippen LogP contribution in [0.25, 0.3) is 11.5 Å². The van der Waals surface area contributed by atoms with Crippen LogP contribution in [0.4, 0.5) is 0 Å². The monoisotopic (exact) mass is 347 g/mol. The number of carbonyl (C=O) groups is 1. The van der Waals surface area contributed by atoms with E-state index in [4.69, 9.17) is 4.52 Å². The van der Waals surface area contributed by atoms with Gasteiger partial charge in [-0.1, -0.05) is 29.4 Å². The van der Waals surface area contributed by atoms with Crippen LogP contribution in [0.1, 0.15) is 12.2 Å². The van der Waals surface area contributed by atoms with Crippen LogP contribution in [0, 0.1) is 5.92 Å². The molecule has 0 aliphatic carbocycles. The summed E-state index contributed by atoms with van der Waals surface area (Å²) in [4.78, 5) is 16.1. The lowest BCUT2D eigenvalue weighted by molar-refractivity contribution is -0.121. The Morgan fingerprint density at radius 1 is 1.29 bits per heavy atom. The average molecular weight is 347 g/mol. The van der Waals surface area contributed by atoms with Crippen molar-refractivity contribution in [2.75, 3.05) is 12.3 Å². The van der Waals surface area contributed by atoms with E-state index in [-0.39, 0.29) is 24.0 Å². The molecule has 0 spiro atoms. The van der Waals surface area contributed by atoms with Crippen molar-refractivity contribution in [3.63, 3.8) is 0 Å². The SMILES string of the molecule is O=C(C[C@@H]1C=CS(=O)(=O)C1)NCCc1noc(-c2ccccc2)n1. The molecule has 0 saturated carbocycles. The third-order valence-electron chi connectivity index (χ3n) is 3.61. The number of nitrogens with zero attached hydrogens (tertiary/aromatic N) is 2. The largest absolute Gasteiger partial charge is 0.356 e. The standard InChI is InChI=1S/C16H17N3O4S/c20-15(10-12-7-9-24(21,22)11-12)17-8-6-14-18-16(23-19-14)13-4-2-1-3-5-13/h1-5,7,9,12H,6,8,10-11H2,(H,17,20)/t12-/m0/s1. The quantitative estimate of drug-likeness (QED) is 0.846. The summed E-state index contributed by atoms with van der Waals surface area (Å²) < 4.78 is 27.8. The number of rotatable bonds is 6. The number of hydrogen-bond donors (Lipinski definition) is 1. The minimum Gasteiger partial charge on any atom is -0.356 e. The van der Waals surface area contributed by atoms with E-state index in [2.05, 4.69) is 15.5 Å². The summed E-state index contributed by atoms with van der Waals surface area (Å²) in [5.41, 5.74) is 0.842. The first-order chi connectivity index (χ1) is 11.5. The highest BCUT2D eigenvalue weighted by Crippen LogP contribution is 2.18. The third-order valence-corrected chi connectivity index (χ3v) is 5.08. The maximum absolute atomic E-state index is 11.8. The topological polar surface area (TPSA) is 102 Å². The molecule has 1 N–H and O–H groups in total. The van der Waals surface area contributed by atoms with Gasteiger partial charge < -0.3 is 9.84 Å². The van der Waals surface area contributed by atoms with Crippen molar-refractivity contribution in [3.05, 3.63) is 47.6 Å². The molecule has 8 heteroatoms. The van der Waals surface area contributed by atoms with Crippen molar-refractivity contribution in [3.8, 4) is 11.5 Å². The molecule has 2 heterocycles. The second-order valence-corrected chi connectivity index (χ2v) is 7.54. The maximum Gasteiger partial charge on any atom is 0.257 e. The van der Waals surface area contributed by atoms with Gasteiger partial charge in [-0.2, -0.15) is 4.98 Å². The van der Waals surface area contributed by atoms with Gasteiger partial charge in [-0.3, -0.25) is 4.79 Å². The fourth-order valence-corrected chi connectivity index (χ4v) is 3.84. The Hall–Kier alpha value is -2.48. The Morgan fingerprint density at radius 2 is 2.08 bits per heavy atom. The lowest BCUT2D eigenvalue weighted by Gasteiger charge is -2.07. The van der Waals surface area contributed by atoms with Crippen molar-refractivity contribution < 1.29 is 17.7 Å².